The zero-order valence-corrected chi connectivity index (χ0v) is 12.5. The SMILES string of the molecule is CNC1(C)CCN(C(=O)c2ccc(Cl)cc2C)CC1. The van der Waals surface area contributed by atoms with E-state index in [9.17, 15) is 4.79 Å². The van der Waals surface area contributed by atoms with Gasteiger partial charge in [-0.2, -0.15) is 0 Å². The fourth-order valence-corrected chi connectivity index (χ4v) is 2.72. The first-order valence-corrected chi connectivity index (χ1v) is 7.07. The predicted molar refractivity (Wildman–Crippen MR) is 78.8 cm³/mol. The van der Waals surface area contributed by atoms with Gasteiger partial charge in [0, 0.05) is 29.2 Å². The molecule has 104 valence electrons. The molecule has 1 fully saturated rings. The van der Waals surface area contributed by atoms with Gasteiger partial charge < -0.3 is 10.2 Å². The van der Waals surface area contributed by atoms with E-state index >= 15 is 0 Å². The predicted octanol–water partition coefficient (Wildman–Crippen LogP) is 2.86. The molecule has 0 saturated carbocycles. The van der Waals surface area contributed by atoms with Gasteiger partial charge in [0.05, 0.1) is 0 Å². The van der Waals surface area contributed by atoms with Gasteiger partial charge in [0.1, 0.15) is 0 Å². The van der Waals surface area contributed by atoms with E-state index in [0.29, 0.717) is 5.02 Å². The van der Waals surface area contributed by atoms with Gasteiger partial charge >= 0.3 is 0 Å². The molecular formula is C15H21ClN2O. The molecule has 0 unspecified atom stereocenters. The molecule has 4 heteroatoms. The summed E-state index contributed by atoms with van der Waals surface area (Å²) in [6.07, 6.45) is 1.98. The fraction of sp³-hybridized carbons (Fsp3) is 0.533. The Morgan fingerprint density at radius 1 is 1.37 bits per heavy atom. The van der Waals surface area contributed by atoms with Crippen molar-refractivity contribution in [2.45, 2.75) is 32.2 Å². The number of nitrogens with one attached hydrogen (secondary N) is 1. The van der Waals surface area contributed by atoms with Crippen LogP contribution in [-0.4, -0.2) is 36.5 Å². The van der Waals surface area contributed by atoms with Crippen molar-refractivity contribution in [3.63, 3.8) is 0 Å². The van der Waals surface area contributed by atoms with Gasteiger partial charge in [-0.3, -0.25) is 4.79 Å². The van der Waals surface area contributed by atoms with Crippen LogP contribution in [0.25, 0.3) is 0 Å². The Bertz CT molecular complexity index is 479. The topological polar surface area (TPSA) is 32.3 Å². The number of halogens is 1. The van der Waals surface area contributed by atoms with E-state index in [4.69, 9.17) is 11.6 Å². The van der Waals surface area contributed by atoms with Crippen LogP contribution >= 0.6 is 11.6 Å². The number of rotatable bonds is 2. The van der Waals surface area contributed by atoms with E-state index in [2.05, 4.69) is 12.2 Å². The van der Waals surface area contributed by atoms with Gasteiger partial charge in [-0.15, -0.1) is 0 Å². The largest absolute Gasteiger partial charge is 0.339 e. The molecule has 1 heterocycles. The number of hydrogen-bond acceptors (Lipinski definition) is 2. The Hall–Kier alpha value is -1.06. The maximum Gasteiger partial charge on any atom is 0.254 e. The first-order valence-electron chi connectivity index (χ1n) is 6.69. The van der Waals surface area contributed by atoms with E-state index in [1.54, 1.807) is 6.07 Å². The van der Waals surface area contributed by atoms with Crippen molar-refractivity contribution in [2.24, 2.45) is 0 Å². The lowest BCUT2D eigenvalue weighted by Crippen LogP contribution is -2.51. The van der Waals surface area contributed by atoms with E-state index in [-0.39, 0.29) is 11.4 Å². The highest BCUT2D eigenvalue weighted by atomic mass is 35.5. The molecule has 1 aliphatic heterocycles. The third kappa shape index (κ3) is 3.10. The summed E-state index contributed by atoms with van der Waals surface area (Å²) in [6, 6.07) is 5.45. The van der Waals surface area contributed by atoms with Crippen LogP contribution in [0.4, 0.5) is 0 Å². The number of likely N-dealkylation sites (tertiary alicyclic amines) is 1. The number of carbonyl (C=O) groups excluding carboxylic acids is 1. The Balaban J connectivity index is 2.09. The zero-order chi connectivity index (χ0) is 14.0. The van der Waals surface area contributed by atoms with Gasteiger partial charge in [0.2, 0.25) is 0 Å². The molecule has 2 rings (SSSR count). The van der Waals surface area contributed by atoms with Crippen molar-refractivity contribution in [3.05, 3.63) is 34.3 Å². The molecule has 1 saturated heterocycles. The van der Waals surface area contributed by atoms with Gasteiger partial charge in [-0.1, -0.05) is 11.6 Å². The molecular weight excluding hydrogens is 260 g/mol. The molecule has 0 aromatic heterocycles. The fourth-order valence-electron chi connectivity index (χ4n) is 2.49. The second kappa shape index (κ2) is 5.51. The van der Waals surface area contributed by atoms with Crippen molar-refractivity contribution < 1.29 is 4.79 Å². The normalized spacial score (nSPS) is 18.4. The van der Waals surface area contributed by atoms with Crippen LogP contribution in [0.5, 0.6) is 0 Å². The molecule has 0 atom stereocenters. The highest BCUT2D eigenvalue weighted by Gasteiger charge is 2.30. The average Bonchev–Trinajstić information content (AvgIpc) is 2.39. The van der Waals surface area contributed by atoms with Crippen LogP contribution < -0.4 is 5.32 Å². The minimum atomic E-state index is 0.118. The monoisotopic (exact) mass is 280 g/mol. The number of carbonyl (C=O) groups is 1. The summed E-state index contributed by atoms with van der Waals surface area (Å²) in [5.74, 6) is 0.118. The molecule has 0 bridgehead atoms. The van der Waals surface area contributed by atoms with E-state index in [1.165, 1.54) is 0 Å². The zero-order valence-electron chi connectivity index (χ0n) is 11.8. The molecule has 0 spiro atoms. The lowest BCUT2D eigenvalue weighted by Gasteiger charge is -2.39. The Kier molecular flexibility index (Phi) is 4.16. The lowest BCUT2D eigenvalue weighted by atomic mass is 9.89. The van der Waals surface area contributed by atoms with E-state index in [0.717, 1.165) is 37.1 Å². The van der Waals surface area contributed by atoms with Crippen LogP contribution in [0.2, 0.25) is 5.02 Å². The summed E-state index contributed by atoms with van der Waals surface area (Å²) in [4.78, 5) is 14.4. The standard InChI is InChI=1S/C15H21ClN2O/c1-11-10-12(16)4-5-13(11)14(19)18-8-6-15(2,17-3)7-9-18/h4-5,10,17H,6-9H2,1-3H3. The first-order chi connectivity index (χ1) is 8.95. The summed E-state index contributed by atoms with van der Waals surface area (Å²) in [7, 11) is 1.99. The number of benzene rings is 1. The number of amides is 1. The first kappa shape index (κ1) is 14.4. The van der Waals surface area contributed by atoms with Crippen LogP contribution in [0.15, 0.2) is 18.2 Å². The van der Waals surface area contributed by atoms with Gasteiger partial charge in [-0.05, 0) is 57.5 Å². The van der Waals surface area contributed by atoms with Crippen LogP contribution in [0.1, 0.15) is 35.7 Å². The van der Waals surface area contributed by atoms with Gasteiger partial charge in [0.25, 0.3) is 5.91 Å². The average molecular weight is 281 g/mol. The van der Waals surface area contributed by atoms with E-state index in [1.807, 2.05) is 31.0 Å². The van der Waals surface area contributed by atoms with E-state index < -0.39 is 0 Å². The molecule has 1 amide bonds. The number of piperidine rings is 1. The minimum Gasteiger partial charge on any atom is -0.339 e. The minimum absolute atomic E-state index is 0.118. The molecule has 0 radical (unpaired) electrons. The summed E-state index contributed by atoms with van der Waals surface area (Å²) >= 11 is 5.93. The summed E-state index contributed by atoms with van der Waals surface area (Å²) in [6.45, 7) is 5.75. The summed E-state index contributed by atoms with van der Waals surface area (Å²) in [5, 5.41) is 4.02. The molecule has 0 aliphatic carbocycles. The van der Waals surface area contributed by atoms with Crippen molar-refractivity contribution in [1.29, 1.82) is 0 Å². The molecule has 3 nitrogen and oxygen atoms in total. The number of nitrogens with zero attached hydrogens (tertiary/aromatic N) is 1. The maximum atomic E-state index is 12.5. The summed E-state index contributed by atoms with van der Waals surface area (Å²) in [5.41, 5.74) is 1.86. The Morgan fingerprint density at radius 2 is 2.00 bits per heavy atom. The van der Waals surface area contributed by atoms with Gasteiger partial charge in [0.15, 0.2) is 0 Å². The van der Waals surface area contributed by atoms with Crippen molar-refractivity contribution >= 4 is 17.5 Å². The highest BCUT2D eigenvalue weighted by molar-refractivity contribution is 6.30. The van der Waals surface area contributed by atoms with Gasteiger partial charge in [-0.25, -0.2) is 0 Å². The van der Waals surface area contributed by atoms with Crippen molar-refractivity contribution in [1.82, 2.24) is 10.2 Å². The Morgan fingerprint density at radius 3 is 2.53 bits per heavy atom. The smallest absolute Gasteiger partial charge is 0.254 e. The third-order valence-electron chi connectivity index (χ3n) is 4.18. The number of aryl methyl sites for hydroxylation is 1. The Labute approximate surface area is 119 Å². The van der Waals surface area contributed by atoms with Crippen LogP contribution in [0.3, 0.4) is 0 Å². The quantitative estimate of drug-likeness (QED) is 0.903. The van der Waals surface area contributed by atoms with Crippen molar-refractivity contribution in [2.75, 3.05) is 20.1 Å². The van der Waals surface area contributed by atoms with Crippen molar-refractivity contribution in [3.8, 4) is 0 Å². The lowest BCUT2D eigenvalue weighted by molar-refractivity contribution is 0.0661. The highest BCUT2D eigenvalue weighted by Crippen LogP contribution is 2.24. The third-order valence-corrected chi connectivity index (χ3v) is 4.41. The molecule has 1 aliphatic rings. The maximum absolute atomic E-state index is 12.5. The molecule has 1 aromatic carbocycles. The number of hydrogen-bond donors (Lipinski definition) is 1. The summed E-state index contributed by atoms with van der Waals surface area (Å²) < 4.78 is 0. The second-order valence-electron chi connectivity index (χ2n) is 5.56. The second-order valence-corrected chi connectivity index (χ2v) is 6.00. The van der Waals surface area contributed by atoms with Crippen LogP contribution in [0, 0.1) is 6.92 Å². The molecule has 19 heavy (non-hydrogen) atoms. The molecule has 1 N–H and O–H groups in total. The van der Waals surface area contributed by atoms with Crippen LogP contribution in [-0.2, 0) is 0 Å². The molecule has 1 aromatic rings.